The predicted molar refractivity (Wildman–Crippen MR) is 52.1 cm³/mol. The van der Waals surface area contributed by atoms with Crippen molar-refractivity contribution >= 4 is 11.6 Å². The Morgan fingerprint density at radius 3 is 2.86 bits per heavy atom. The number of fused-ring (bicyclic) bond motifs is 1. The van der Waals surface area contributed by atoms with Crippen LogP contribution in [0.15, 0.2) is 30.3 Å². The molecular weight excluding hydrogens is 178 g/mol. The minimum atomic E-state index is -0.157. The number of amides is 1. The number of hydrogen-bond acceptors (Lipinski definition) is 2. The van der Waals surface area contributed by atoms with Crippen molar-refractivity contribution < 1.29 is 9.53 Å². The van der Waals surface area contributed by atoms with Crippen LogP contribution in [0.5, 0.6) is 0 Å². The van der Waals surface area contributed by atoms with Crippen molar-refractivity contribution in [3.05, 3.63) is 30.3 Å². The molecule has 3 heteroatoms. The van der Waals surface area contributed by atoms with Crippen LogP contribution in [0.25, 0.3) is 0 Å². The molecule has 0 aromatic heterocycles. The molecule has 0 bridgehead atoms. The summed E-state index contributed by atoms with van der Waals surface area (Å²) in [5.41, 5.74) is 0.990. The highest BCUT2D eigenvalue weighted by Gasteiger charge is 2.51. The van der Waals surface area contributed by atoms with Crippen molar-refractivity contribution in [1.29, 1.82) is 0 Å². The number of β-lactam (4-membered cyclic amide) rings is 1. The molecule has 2 fully saturated rings. The van der Waals surface area contributed by atoms with Crippen LogP contribution in [0.4, 0.5) is 5.69 Å². The van der Waals surface area contributed by atoms with Gasteiger partial charge >= 0.3 is 0 Å². The molecule has 0 N–H and O–H groups in total. The lowest BCUT2D eigenvalue weighted by Gasteiger charge is -2.42. The molecule has 0 saturated carbocycles. The highest BCUT2D eigenvalue weighted by molar-refractivity contribution is 6.05. The van der Waals surface area contributed by atoms with E-state index in [1.165, 1.54) is 0 Å². The molecule has 3 rings (SSSR count). The maximum absolute atomic E-state index is 11.6. The predicted octanol–water partition coefficient (Wildman–Crippen LogP) is 1.19. The summed E-state index contributed by atoms with van der Waals surface area (Å²) in [6, 6.07) is 10.1. The molecule has 0 aliphatic carbocycles. The first kappa shape index (κ1) is 8.00. The fourth-order valence-corrected chi connectivity index (χ4v) is 2.20. The zero-order valence-electron chi connectivity index (χ0n) is 7.72. The topological polar surface area (TPSA) is 29.5 Å². The van der Waals surface area contributed by atoms with E-state index >= 15 is 0 Å². The molecule has 72 valence electrons. The summed E-state index contributed by atoms with van der Waals surface area (Å²) < 4.78 is 5.32. The van der Waals surface area contributed by atoms with E-state index in [2.05, 4.69) is 0 Å². The first-order valence-electron chi connectivity index (χ1n) is 4.87. The second kappa shape index (κ2) is 2.82. The summed E-state index contributed by atoms with van der Waals surface area (Å²) in [7, 11) is 0. The molecule has 2 aliphatic heterocycles. The van der Waals surface area contributed by atoms with Gasteiger partial charge in [0, 0.05) is 12.3 Å². The van der Waals surface area contributed by atoms with Gasteiger partial charge in [-0.2, -0.15) is 0 Å². The van der Waals surface area contributed by atoms with Crippen LogP contribution in [0.3, 0.4) is 0 Å². The van der Waals surface area contributed by atoms with E-state index < -0.39 is 0 Å². The number of benzene rings is 1. The number of nitrogens with zero attached hydrogens (tertiary/aromatic N) is 1. The summed E-state index contributed by atoms with van der Waals surface area (Å²) in [6.45, 7) is 0.713. The van der Waals surface area contributed by atoms with Gasteiger partial charge in [0.2, 0.25) is 0 Å². The van der Waals surface area contributed by atoms with Gasteiger partial charge in [0.05, 0.1) is 6.04 Å². The van der Waals surface area contributed by atoms with E-state index in [1.54, 1.807) is 0 Å². The number of carbonyl (C=O) groups is 1. The Balaban J connectivity index is 1.90. The lowest BCUT2D eigenvalue weighted by atomic mass is 9.97. The van der Waals surface area contributed by atoms with Crippen molar-refractivity contribution in [2.75, 3.05) is 11.5 Å². The minimum absolute atomic E-state index is 0.110. The molecule has 2 heterocycles. The molecule has 2 atom stereocenters. The zero-order valence-corrected chi connectivity index (χ0v) is 7.72. The fourth-order valence-electron chi connectivity index (χ4n) is 2.20. The molecule has 14 heavy (non-hydrogen) atoms. The van der Waals surface area contributed by atoms with Gasteiger partial charge in [-0.3, -0.25) is 4.79 Å². The molecular formula is C11H11NO2. The molecule has 2 unspecified atom stereocenters. The third-order valence-corrected chi connectivity index (χ3v) is 2.91. The Bertz CT molecular complexity index is 363. The lowest BCUT2D eigenvalue weighted by Crippen LogP contribution is -2.63. The molecule has 1 amide bonds. The zero-order chi connectivity index (χ0) is 9.54. The highest BCUT2D eigenvalue weighted by Crippen LogP contribution is 2.35. The van der Waals surface area contributed by atoms with Gasteiger partial charge in [-0.15, -0.1) is 0 Å². The average Bonchev–Trinajstić information content (AvgIpc) is 2.63. The van der Waals surface area contributed by atoms with Gasteiger partial charge in [-0.1, -0.05) is 18.2 Å². The van der Waals surface area contributed by atoms with Crippen LogP contribution in [0, 0.1) is 0 Å². The van der Waals surface area contributed by atoms with Crippen molar-refractivity contribution in [1.82, 2.24) is 0 Å². The second-order valence-corrected chi connectivity index (χ2v) is 3.69. The van der Waals surface area contributed by atoms with Gasteiger partial charge in [0.25, 0.3) is 5.91 Å². The monoisotopic (exact) mass is 189 g/mol. The third-order valence-electron chi connectivity index (χ3n) is 2.91. The smallest absolute Gasteiger partial charge is 0.258 e. The Kier molecular flexibility index (Phi) is 1.61. The molecule has 1 aromatic carbocycles. The second-order valence-electron chi connectivity index (χ2n) is 3.69. The standard InChI is InChI=1S/C11H11NO2/c13-11-10-9(6-7-14-10)12(11)8-4-2-1-3-5-8/h1-5,9-10H,6-7H2. The van der Waals surface area contributed by atoms with Crippen molar-refractivity contribution in [2.45, 2.75) is 18.6 Å². The fraction of sp³-hybridized carbons (Fsp3) is 0.364. The number of ether oxygens (including phenoxy) is 1. The van der Waals surface area contributed by atoms with Gasteiger partial charge < -0.3 is 9.64 Å². The van der Waals surface area contributed by atoms with Gasteiger partial charge in [0.15, 0.2) is 6.10 Å². The molecule has 2 saturated heterocycles. The summed E-state index contributed by atoms with van der Waals surface area (Å²) in [5, 5.41) is 0. The Morgan fingerprint density at radius 2 is 2.07 bits per heavy atom. The highest BCUT2D eigenvalue weighted by atomic mass is 16.5. The number of anilines is 1. The molecule has 1 aromatic rings. The molecule has 2 aliphatic rings. The number of hydrogen-bond donors (Lipinski definition) is 0. The Labute approximate surface area is 82.3 Å². The SMILES string of the molecule is O=C1C2OCCC2N1c1ccccc1. The van der Waals surface area contributed by atoms with E-state index in [4.69, 9.17) is 4.74 Å². The summed E-state index contributed by atoms with van der Waals surface area (Å²) in [5.74, 6) is 0.110. The normalized spacial score (nSPS) is 30.0. The van der Waals surface area contributed by atoms with Crippen LogP contribution >= 0.6 is 0 Å². The number of carbonyl (C=O) groups excluding carboxylic acids is 1. The van der Waals surface area contributed by atoms with E-state index in [-0.39, 0.29) is 18.1 Å². The molecule has 3 nitrogen and oxygen atoms in total. The first-order valence-corrected chi connectivity index (χ1v) is 4.87. The van der Waals surface area contributed by atoms with Crippen LogP contribution < -0.4 is 4.90 Å². The lowest BCUT2D eigenvalue weighted by molar-refractivity contribution is -0.135. The van der Waals surface area contributed by atoms with E-state index in [0.29, 0.717) is 6.61 Å². The first-order chi connectivity index (χ1) is 6.88. The Hall–Kier alpha value is -1.35. The largest absolute Gasteiger partial charge is 0.366 e. The van der Waals surface area contributed by atoms with E-state index in [9.17, 15) is 4.79 Å². The van der Waals surface area contributed by atoms with E-state index in [1.807, 2.05) is 35.2 Å². The Morgan fingerprint density at radius 1 is 1.29 bits per heavy atom. The van der Waals surface area contributed by atoms with Crippen molar-refractivity contribution in [3.8, 4) is 0 Å². The van der Waals surface area contributed by atoms with E-state index in [0.717, 1.165) is 12.1 Å². The van der Waals surface area contributed by atoms with Gasteiger partial charge in [-0.05, 0) is 18.6 Å². The van der Waals surface area contributed by atoms with Crippen LogP contribution in [-0.4, -0.2) is 24.7 Å². The number of para-hydroxylation sites is 1. The van der Waals surface area contributed by atoms with Gasteiger partial charge in [-0.25, -0.2) is 0 Å². The van der Waals surface area contributed by atoms with Crippen LogP contribution in [-0.2, 0) is 9.53 Å². The third kappa shape index (κ3) is 0.930. The average molecular weight is 189 g/mol. The maximum Gasteiger partial charge on any atom is 0.258 e. The summed E-state index contributed by atoms with van der Waals surface area (Å²) in [6.07, 6.45) is 0.806. The van der Waals surface area contributed by atoms with Crippen LogP contribution in [0.2, 0.25) is 0 Å². The van der Waals surface area contributed by atoms with Crippen LogP contribution in [0.1, 0.15) is 6.42 Å². The summed E-state index contributed by atoms with van der Waals surface area (Å²) >= 11 is 0. The molecule has 0 spiro atoms. The maximum atomic E-state index is 11.6. The van der Waals surface area contributed by atoms with Gasteiger partial charge in [0.1, 0.15) is 0 Å². The van der Waals surface area contributed by atoms with Crippen molar-refractivity contribution in [2.24, 2.45) is 0 Å². The summed E-state index contributed by atoms with van der Waals surface area (Å²) in [4.78, 5) is 13.5. The molecule has 0 radical (unpaired) electrons. The quantitative estimate of drug-likeness (QED) is 0.621. The minimum Gasteiger partial charge on any atom is -0.366 e. The van der Waals surface area contributed by atoms with Crippen molar-refractivity contribution in [3.63, 3.8) is 0 Å². The number of rotatable bonds is 1.